The number of rotatable bonds is 2. The molecule has 0 spiro atoms. The van der Waals surface area contributed by atoms with Crippen LogP contribution in [-0.4, -0.2) is 12.2 Å². The van der Waals surface area contributed by atoms with Gasteiger partial charge < -0.3 is 14.3 Å². The van der Waals surface area contributed by atoms with E-state index in [-0.39, 0.29) is 11.2 Å². The molecule has 26 heavy (non-hydrogen) atoms. The molecule has 0 atom stereocenters. The fourth-order valence-electron chi connectivity index (χ4n) is 2.94. The van der Waals surface area contributed by atoms with Crippen LogP contribution in [0.1, 0.15) is 26.3 Å². The number of ether oxygens (including phenoxy) is 1. The molecule has 0 fully saturated rings. The summed E-state index contributed by atoms with van der Waals surface area (Å²) in [5.74, 6) is 0.819. The number of benzene rings is 2. The van der Waals surface area contributed by atoms with Crippen LogP contribution in [0.2, 0.25) is 5.02 Å². The Labute approximate surface area is 164 Å². The molecule has 0 aliphatic rings. The van der Waals surface area contributed by atoms with E-state index in [9.17, 15) is 9.90 Å². The summed E-state index contributed by atoms with van der Waals surface area (Å²) in [5, 5.41) is 10.9. The zero-order valence-electron chi connectivity index (χ0n) is 14.8. The lowest BCUT2D eigenvalue weighted by atomic mass is 9.83. The zero-order valence-corrected chi connectivity index (χ0v) is 17.2. The van der Waals surface area contributed by atoms with Gasteiger partial charge in [0.25, 0.3) is 0 Å². The van der Waals surface area contributed by atoms with Crippen LogP contribution in [-0.2, 0) is 5.41 Å². The van der Waals surface area contributed by atoms with Crippen LogP contribution in [0.3, 0.4) is 0 Å². The summed E-state index contributed by atoms with van der Waals surface area (Å²) >= 11 is 9.54. The zero-order chi connectivity index (χ0) is 19.2. The molecule has 0 saturated carbocycles. The van der Waals surface area contributed by atoms with Crippen molar-refractivity contribution in [3.05, 3.63) is 55.6 Å². The van der Waals surface area contributed by atoms with E-state index >= 15 is 0 Å². The van der Waals surface area contributed by atoms with Crippen LogP contribution >= 0.6 is 27.5 Å². The molecule has 0 unspecified atom stereocenters. The van der Waals surface area contributed by atoms with Gasteiger partial charge in [0.05, 0.1) is 27.6 Å². The van der Waals surface area contributed by atoms with E-state index in [2.05, 4.69) is 15.9 Å². The highest BCUT2D eigenvalue weighted by molar-refractivity contribution is 9.10. The Bertz CT molecular complexity index is 1060. The summed E-state index contributed by atoms with van der Waals surface area (Å²) in [6, 6.07) is 8.23. The molecule has 1 N–H and O–H groups in total. The third-order valence-corrected chi connectivity index (χ3v) is 5.07. The highest BCUT2D eigenvalue weighted by Gasteiger charge is 2.29. The van der Waals surface area contributed by atoms with E-state index in [1.54, 1.807) is 24.3 Å². The maximum absolute atomic E-state index is 13.2. The van der Waals surface area contributed by atoms with E-state index in [0.29, 0.717) is 43.1 Å². The number of aromatic hydroxyl groups is 1. The second-order valence-electron chi connectivity index (χ2n) is 7.01. The van der Waals surface area contributed by atoms with Crippen molar-refractivity contribution in [2.45, 2.75) is 26.2 Å². The molecular weight excluding hydrogens is 420 g/mol. The van der Waals surface area contributed by atoms with Gasteiger partial charge in [0.15, 0.2) is 11.0 Å². The summed E-state index contributed by atoms with van der Waals surface area (Å²) in [6.07, 6.45) is 0. The van der Waals surface area contributed by atoms with E-state index in [0.717, 1.165) is 0 Å². The SMILES string of the molecule is COc1cc(Br)c(O)cc1-c1oc2c(Cl)cccc2c(=O)c1C(C)(C)C. The van der Waals surface area contributed by atoms with Crippen LogP contribution in [0.15, 0.2) is 44.0 Å². The number of fused-ring (bicyclic) bond motifs is 1. The second kappa shape index (κ2) is 6.63. The number of methoxy groups -OCH3 is 1. The lowest BCUT2D eigenvalue weighted by Crippen LogP contribution is -2.24. The Morgan fingerprint density at radius 2 is 1.92 bits per heavy atom. The number of halogens is 2. The molecule has 0 saturated heterocycles. The molecule has 3 rings (SSSR count). The minimum absolute atomic E-state index is 0.0163. The third kappa shape index (κ3) is 3.10. The van der Waals surface area contributed by atoms with Crippen molar-refractivity contribution in [3.8, 4) is 22.8 Å². The van der Waals surface area contributed by atoms with Gasteiger partial charge in [0.2, 0.25) is 0 Å². The van der Waals surface area contributed by atoms with Gasteiger partial charge in [-0.2, -0.15) is 0 Å². The van der Waals surface area contributed by atoms with E-state index in [1.807, 2.05) is 20.8 Å². The Hall–Kier alpha value is -1.98. The number of para-hydroxylation sites is 1. The van der Waals surface area contributed by atoms with Gasteiger partial charge in [0.1, 0.15) is 17.3 Å². The highest BCUT2D eigenvalue weighted by Crippen LogP contribution is 2.42. The second-order valence-corrected chi connectivity index (χ2v) is 8.27. The molecule has 0 radical (unpaired) electrons. The van der Waals surface area contributed by atoms with Gasteiger partial charge in [-0.15, -0.1) is 0 Å². The fraction of sp³-hybridized carbons (Fsp3) is 0.250. The molecular formula is C20H18BrClO4. The fourth-order valence-corrected chi connectivity index (χ4v) is 3.48. The van der Waals surface area contributed by atoms with Crippen LogP contribution in [0.4, 0.5) is 0 Å². The summed E-state index contributed by atoms with van der Waals surface area (Å²) < 4.78 is 12.0. The molecule has 0 bridgehead atoms. The van der Waals surface area contributed by atoms with Crippen LogP contribution < -0.4 is 10.2 Å². The number of phenolic OH excluding ortho intramolecular Hbond substituents is 1. The molecule has 0 aliphatic heterocycles. The summed E-state index contributed by atoms with van der Waals surface area (Å²) in [6.45, 7) is 5.80. The standard InChI is InChI=1S/C20H18BrClO4/c1-20(2,3)16-17(24)10-6-5-7-13(22)18(10)26-19(16)11-8-14(23)12(21)9-15(11)25-4/h5-9,23H,1-4H3. The smallest absolute Gasteiger partial charge is 0.197 e. The average molecular weight is 438 g/mol. The summed E-state index contributed by atoms with van der Waals surface area (Å²) in [5.41, 5.74) is 0.636. The maximum Gasteiger partial charge on any atom is 0.197 e. The molecule has 6 heteroatoms. The maximum atomic E-state index is 13.2. The molecule has 2 aromatic carbocycles. The van der Waals surface area contributed by atoms with Gasteiger partial charge in [-0.05, 0) is 45.6 Å². The molecule has 0 aliphatic carbocycles. The van der Waals surface area contributed by atoms with Crippen molar-refractivity contribution in [3.63, 3.8) is 0 Å². The summed E-state index contributed by atoms with van der Waals surface area (Å²) in [7, 11) is 1.52. The Morgan fingerprint density at radius 3 is 2.54 bits per heavy atom. The predicted octanol–water partition coefficient (Wildman–Crippen LogP) is 5.89. The topological polar surface area (TPSA) is 59.7 Å². The van der Waals surface area contributed by atoms with Crippen LogP contribution in [0.5, 0.6) is 11.5 Å². The van der Waals surface area contributed by atoms with E-state index in [1.165, 1.54) is 13.2 Å². The molecule has 136 valence electrons. The highest BCUT2D eigenvalue weighted by atomic mass is 79.9. The quantitative estimate of drug-likeness (QED) is 0.543. The molecule has 0 amide bonds. The van der Waals surface area contributed by atoms with Crippen molar-refractivity contribution in [1.29, 1.82) is 0 Å². The predicted molar refractivity (Wildman–Crippen MR) is 108 cm³/mol. The first kappa shape index (κ1) is 18.8. The van der Waals surface area contributed by atoms with Crippen LogP contribution in [0.25, 0.3) is 22.3 Å². The van der Waals surface area contributed by atoms with E-state index in [4.69, 9.17) is 20.8 Å². The van der Waals surface area contributed by atoms with E-state index < -0.39 is 5.41 Å². The van der Waals surface area contributed by atoms with Crippen molar-refractivity contribution in [1.82, 2.24) is 0 Å². The first-order chi connectivity index (χ1) is 12.1. The summed E-state index contributed by atoms with van der Waals surface area (Å²) in [4.78, 5) is 13.2. The molecule has 1 heterocycles. The Kier molecular flexibility index (Phi) is 4.80. The first-order valence-corrected chi connectivity index (χ1v) is 9.15. The van der Waals surface area contributed by atoms with Crippen LogP contribution in [0, 0.1) is 0 Å². The lowest BCUT2D eigenvalue weighted by Gasteiger charge is -2.23. The lowest BCUT2D eigenvalue weighted by molar-refractivity contribution is 0.411. The van der Waals surface area contributed by atoms with Crippen molar-refractivity contribution >= 4 is 38.5 Å². The minimum atomic E-state index is -0.500. The van der Waals surface area contributed by atoms with Crippen molar-refractivity contribution < 1.29 is 14.3 Å². The van der Waals surface area contributed by atoms with Gasteiger partial charge in [-0.1, -0.05) is 38.4 Å². The molecule has 4 nitrogen and oxygen atoms in total. The minimum Gasteiger partial charge on any atom is -0.507 e. The third-order valence-electron chi connectivity index (χ3n) is 4.13. The van der Waals surface area contributed by atoms with Gasteiger partial charge >= 0.3 is 0 Å². The normalized spacial score (nSPS) is 11.8. The molecule has 3 aromatic rings. The average Bonchev–Trinajstić information content (AvgIpc) is 2.56. The largest absolute Gasteiger partial charge is 0.507 e. The number of hydrogen-bond donors (Lipinski definition) is 1. The van der Waals surface area contributed by atoms with Gasteiger partial charge in [0, 0.05) is 5.56 Å². The molecule has 1 aromatic heterocycles. The number of phenols is 1. The number of hydrogen-bond acceptors (Lipinski definition) is 4. The Morgan fingerprint density at radius 1 is 1.23 bits per heavy atom. The monoisotopic (exact) mass is 436 g/mol. The van der Waals surface area contributed by atoms with Gasteiger partial charge in [-0.25, -0.2) is 0 Å². The van der Waals surface area contributed by atoms with Crippen molar-refractivity contribution in [2.24, 2.45) is 0 Å². The van der Waals surface area contributed by atoms with Gasteiger partial charge in [-0.3, -0.25) is 4.79 Å². The Balaban J connectivity index is 2.52. The van der Waals surface area contributed by atoms with Crippen molar-refractivity contribution in [2.75, 3.05) is 7.11 Å². The first-order valence-electron chi connectivity index (χ1n) is 7.98.